The Labute approximate surface area is 159 Å². The Morgan fingerprint density at radius 2 is 1.96 bits per heavy atom. The van der Waals surface area contributed by atoms with Crippen molar-refractivity contribution in [1.82, 2.24) is 4.90 Å². The molecule has 1 heterocycles. The van der Waals surface area contributed by atoms with Crippen molar-refractivity contribution in [3.05, 3.63) is 29.3 Å². The van der Waals surface area contributed by atoms with Crippen LogP contribution in [0, 0.1) is 11.3 Å². The molecule has 27 heavy (non-hydrogen) atoms. The molecule has 1 saturated carbocycles. The zero-order chi connectivity index (χ0) is 19.6. The highest BCUT2D eigenvalue weighted by molar-refractivity contribution is 5.80. The fraction of sp³-hybridized carbons (Fsp3) is 0.682. The molecule has 1 aliphatic heterocycles. The third-order valence-electron chi connectivity index (χ3n) is 7.90. The minimum absolute atomic E-state index is 0.0832. The molecule has 2 aliphatic carbocycles. The van der Waals surface area contributed by atoms with Gasteiger partial charge in [-0.2, -0.15) is 0 Å². The first kappa shape index (κ1) is 18.7. The molecule has 1 saturated heterocycles. The quantitative estimate of drug-likeness (QED) is 0.773. The second-order valence-corrected chi connectivity index (χ2v) is 9.51. The molecule has 2 bridgehead atoms. The van der Waals surface area contributed by atoms with Gasteiger partial charge in [-0.15, -0.1) is 0 Å². The molecule has 1 aromatic carbocycles. The second-order valence-electron chi connectivity index (χ2n) is 9.51. The van der Waals surface area contributed by atoms with Crippen molar-refractivity contribution in [1.29, 1.82) is 0 Å². The largest absolute Gasteiger partial charge is 0.508 e. The Balaban J connectivity index is 1.69. The highest BCUT2D eigenvalue weighted by Gasteiger charge is 2.58. The second kappa shape index (κ2) is 5.92. The molecular weight excluding hydrogens is 348 g/mol. The van der Waals surface area contributed by atoms with Gasteiger partial charge in [-0.05, 0) is 48.3 Å². The van der Waals surface area contributed by atoms with Gasteiger partial charge in [0.15, 0.2) is 0 Å². The standard InChI is InChI=1S/C22H29F2NO2/c1-20(2)18-12-15-16(7-4-8-17(15)26)21(20,3)10-11-25(18)19(27)14-6-5-9-22(23,24)13-14/h4,7-8,14,18,26H,5-6,9-13H2,1-3H3/t14?,18-,21+/m1/s1. The lowest BCUT2D eigenvalue weighted by atomic mass is 9.51. The number of aromatic hydroxyl groups is 1. The molecule has 3 atom stereocenters. The number of alkyl halides is 2. The Hall–Kier alpha value is -1.65. The number of rotatable bonds is 1. The van der Waals surface area contributed by atoms with E-state index in [4.69, 9.17) is 0 Å². The summed E-state index contributed by atoms with van der Waals surface area (Å²) in [6.45, 7) is 7.17. The molecule has 148 valence electrons. The Morgan fingerprint density at radius 3 is 2.67 bits per heavy atom. The molecule has 1 unspecified atom stereocenters. The van der Waals surface area contributed by atoms with Gasteiger partial charge in [0, 0.05) is 36.8 Å². The number of phenols is 1. The van der Waals surface area contributed by atoms with Gasteiger partial charge in [-0.3, -0.25) is 4.79 Å². The van der Waals surface area contributed by atoms with Crippen molar-refractivity contribution in [3.63, 3.8) is 0 Å². The first-order valence-electron chi connectivity index (χ1n) is 10.1. The lowest BCUT2D eigenvalue weighted by molar-refractivity contribution is -0.154. The van der Waals surface area contributed by atoms with E-state index in [2.05, 4.69) is 26.8 Å². The van der Waals surface area contributed by atoms with Crippen molar-refractivity contribution >= 4 is 5.91 Å². The van der Waals surface area contributed by atoms with E-state index in [1.807, 2.05) is 11.0 Å². The molecule has 3 aliphatic rings. The molecule has 0 aromatic heterocycles. The minimum atomic E-state index is -2.73. The summed E-state index contributed by atoms with van der Waals surface area (Å²) in [6.07, 6.45) is 1.89. The normalized spacial score (nSPS) is 34.0. The van der Waals surface area contributed by atoms with Crippen LogP contribution >= 0.6 is 0 Å². The van der Waals surface area contributed by atoms with Gasteiger partial charge in [0.2, 0.25) is 11.8 Å². The average molecular weight is 377 g/mol. The van der Waals surface area contributed by atoms with E-state index in [0.29, 0.717) is 25.8 Å². The SMILES string of the molecule is CC1(C)[C@H]2Cc3c(O)cccc3[C@]1(C)CCN2C(=O)C1CCCC(F)(F)C1. The fourth-order valence-corrected chi connectivity index (χ4v) is 5.81. The summed E-state index contributed by atoms with van der Waals surface area (Å²) in [5.41, 5.74) is 1.73. The number of benzene rings is 1. The highest BCUT2D eigenvalue weighted by Crippen LogP contribution is 2.57. The number of hydrogen-bond acceptors (Lipinski definition) is 2. The number of nitrogens with zero attached hydrogens (tertiary/aromatic N) is 1. The Morgan fingerprint density at radius 1 is 1.22 bits per heavy atom. The van der Waals surface area contributed by atoms with Crippen LogP contribution in [0.3, 0.4) is 0 Å². The van der Waals surface area contributed by atoms with E-state index in [-0.39, 0.29) is 41.4 Å². The van der Waals surface area contributed by atoms with E-state index in [9.17, 15) is 18.7 Å². The van der Waals surface area contributed by atoms with E-state index in [1.54, 1.807) is 6.07 Å². The van der Waals surface area contributed by atoms with Crippen LogP contribution in [0.2, 0.25) is 0 Å². The van der Waals surface area contributed by atoms with Crippen LogP contribution in [-0.2, 0) is 16.6 Å². The van der Waals surface area contributed by atoms with Crippen LogP contribution in [0.15, 0.2) is 18.2 Å². The predicted molar refractivity (Wildman–Crippen MR) is 100.0 cm³/mol. The smallest absolute Gasteiger partial charge is 0.248 e. The van der Waals surface area contributed by atoms with E-state index in [1.165, 1.54) is 5.56 Å². The summed E-state index contributed by atoms with van der Waals surface area (Å²) in [4.78, 5) is 15.1. The Bertz CT molecular complexity index is 776. The maximum atomic E-state index is 13.9. The van der Waals surface area contributed by atoms with Gasteiger partial charge in [0.1, 0.15) is 5.75 Å². The summed E-state index contributed by atoms with van der Waals surface area (Å²) in [5.74, 6) is -3.15. The Kier molecular flexibility index (Phi) is 4.10. The van der Waals surface area contributed by atoms with Gasteiger partial charge in [0.05, 0.1) is 0 Å². The third kappa shape index (κ3) is 2.68. The van der Waals surface area contributed by atoms with Gasteiger partial charge < -0.3 is 10.0 Å². The number of piperidine rings is 1. The van der Waals surface area contributed by atoms with Gasteiger partial charge >= 0.3 is 0 Å². The maximum Gasteiger partial charge on any atom is 0.248 e. The molecule has 3 nitrogen and oxygen atoms in total. The number of carbonyl (C=O) groups excluding carboxylic acids is 1. The first-order chi connectivity index (χ1) is 12.6. The van der Waals surface area contributed by atoms with Crippen molar-refractivity contribution < 1.29 is 18.7 Å². The topological polar surface area (TPSA) is 40.5 Å². The molecule has 2 fully saturated rings. The van der Waals surface area contributed by atoms with Crippen molar-refractivity contribution in [2.24, 2.45) is 11.3 Å². The van der Waals surface area contributed by atoms with Gasteiger partial charge in [0.25, 0.3) is 0 Å². The number of hydrogen-bond donors (Lipinski definition) is 1. The number of likely N-dealkylation sites (tertiary alicyclic amines) is 1. The number of halogens is 2. The molecule has 1 N–H and O–H groups in total. The van der Waals surface area contributed by atoms with Crippen molar-refractivity contribution in [2.75, 3.05) is 6.54 Å². The van der Waals surface area contributed by atoms with Crippen LogP contribution in [0.5, 0.6) is 5.75 Å². The first-order valence-corrected chi connectivity index (χ1v) is 10.1. The molecular formula is C22H29F2NO2. The average Bonchev–Trinajstić information content (AvgIpc) is 2.57. The number of amides is 1. The number of fused-ring (bicyclic) bond motifs is 4. The molecule has 5 heteroatoms. The molecule has 0 spiro atoms. The summed E-state index contributed by atoms with van der Waals surface area (Å²) >= 11 is 0. The number of carbonyl (C=O) groups is 1. The fourth-order valence-electron chi connectivity index (χ4n) is 5.81. The minimum Gasteiger partial charge on any atom is -0.508 e. The third-order valence-corrected chi connectivity index (χ3v) is 7.90. The van der Waals surface area contributed by atoms with Crippen molar-refractivity contribution in [3.8, 4) is 5.75 Å². The monoisotopic (exact) mass is 377 g/mol. The van der Waals surface area contributed by atoms with Crippen LogP contribution in [0.1, 0.15) is 64.0 Å². The maximum absolute atomic E-state index is 13.9. The van der Waals surface area contributed by atoms with Gasteiger partial charge in [-0.25, -0.2) is 8.78 Å². The molecule has 0 radical (unpaired) electrons. The van der Waals surface area contributed by atoms with E-state index >= 15 is 0 Å². The van der Waals surface area contributed by atoms with E-state index < -0.39 is 11.8 Å². The summed E-state index contributed by atoms with van der Waals surface area (Å²) < 4.78 is 27.8. The van der Waals surface area contributed by atoms with E-state index in [0.717, 1.165) is 12.0 Å². The highest BCUT2D eigenvalue weighted by atomic mass is 19.3. The van der Waals surface area contributed by atoms with Crippen LogP contribution < -0.4 is 0 Å². The van der Waals surface area contributed by atoms with Crippen LogP contribution in [0.4, 0.5) is 8.78 Å². The lowest BCUT2D eigenvalue weighted by Gasteiger charge is -2.61. The van der Waals surface area contributed by atoms with Crippen LogP contribution in [-0.4, -0.2) is 34.4 Å². The van der Waals surface area contributed by atoms with Crippen molar-refractivity contribution in [2.45, 2.75) is 76.7 Å². The lowest BCUT2D eigenvalue weighted by Crippen LogP contribution is -2.65. The summed E-state index contributed by atoms with van der Waals surface area (Å²) in [7, 11) is 0. The molecule has 1 amide bonds. The predicted octanol–water partition coefficient (Wildman–Crippen LogP) is 4.66. The summed E-state index contributed by atoms with van der Waals surface area (Å²) in [6, 6.07) is 5.59. The van der Waals surface area contributed by atoms with Crippen LogP contribution in [0.25, 0.3) is 0 Å². The number of phenolic OH excluding ortho intramolecular Hbond substituents is 1. The zero-order valence-corrected chi connectivity index (χ0v) is 16.4. The zero-order valence-electron chi connectivity index (χ0n) is 16.4. The molecule has 1 aromatic rings. The summed E-state index contributed by atoms with van der Waals surface area (Å²) in [5, 5.41) is 10.4. The molecule has 4 rings (SSSR count). The van der Waals surface area contributed by atoms with Gasteiger partial charge in [-0.1, -0.05) is 32.9 Å².